The summed E-state index contributed by atoms with van der Waals surface area (Å²) in [6, 6.07) is 0. The van der Waals surface area contributed by atoms with Gasteiger partial charge in [0.1, 0.15) is 0 Å². The van der Waals surface area contributed by atoms with Crippen LogP contribution in [-0.4, -0.2) is 21.5 Å². The minimum Gasteiger partial charge on any atom is -0.259 e. The highest BCUT2D eigenvalue weighted by molar-refractivity contribution is 8.77. The molecule has 0 saturated carbocycles. The van der Waals surface area contributed by atoms with Gasteiger partial charge in [0.25, 0.3) is 0 Å². The van der Waals surface area contributed by atoms with Crippen LogP contribution in [0.25, 0.3) is 0 Å². The quantitative estimate of drug-likeness (QED) is 0.376. The van der Waals surface area contributed by atoms with Crippen molar-refractivity contribution in [3.05, 3.63) is 23.6 Å². The van der Waals surface area contributed by atoms with Crippen LogP contribution in [0.5, 0.6) is 0 Å². The summed E-state index contributed by atoms with van der Waals surface area (Å²) in [7, 11) is 2.81. The molecule has 1 atom stereocenters. The van der Waals surface area contributed by atoms with Crippen LogP contribution in [0.2, 0.25) is 0 Å². The van der Waals surface area contributed by atoms with Crippen LogP contribution in [0.3, 0.4) is 0 Å². The largest absolute Gasteiger partial charge is 0.259 e. The molecule has 0 aromatic heterocycles. The topological polar surface area (TPSA) is 17.1 Å². The molecular formula is C11H20OS3. The molecule has 0 N–H and O–H groups in total. The second-order valence-electron chi connectivity index (χ2n) is 3.49. The summed E-state index contributed by atoms with van der Waals surface area (Å²) in [5, 5.41) is 2.03. The van der Waals surface area contributed by atoms with E-state index < -0.39 is 10.8 Å². The van der Waals surface area contributed by atoms with Crippen molar-refractivity contribution in [3.63, 3.8) is 0 Å². The Morgan fingerprint density at radius 2 is 2.07 bits per heavy atom. The van der Waals surface area contributed by atoms with Crippen molar-refractivity contribution in [3.8, 4) is 0 Å². The molecule has 1 unspecified atom stereocenters. The van der Waals surface area contributed by atoms with Gasteiger partial charge in [0.2, 0.25) is 0 Å². The van der Waals surface area contributed by atoms with E-state index in [1.807, 2.05) is 18.4 Å². The highest BCUT2D eigenvalue weighted by Gasteiger charge is 1.99. The molecule has 0 saturated heterocycles. The molecular weight excluding hydrogens is 244 g/mol. The zero-order valence-electron chi connectivity index (χ0n) is 9.64. The first-order valence-corrected chi connectivity index (χ1v) is 8.93. The predicted octanol–water partition coefficient (Wildman–Crippen LogP) is 3.86. The number of hydrogen-bond donors (Lipinski definition) is 0. The smallest absolute Gasteiger partial charge is 0.0423 e. The molecule has 88 valence electrons. The van der Waals surface area contributed by atoms with E-state index in [-0.39, 0.29) is 0 Å². The summed E-state index contributed by atoms with van der Waals surface area (Å²) >= 11 is 0. The van der Waals surface area contributed by atoms with Crippen molar-refractivity contribution in [2.24, 2.45) is 5.92 Å². The second-order valence-corrected chi connectivity index (χ2v) is 7.35. The molecule has 0 aliphatic heterocycles. The Balaban J connectivity index is 3.41. The Bertz CT molecular complexity index is 222. The van der Waals surface area contributed by atoms with E-state index in [2.05, 4.69) is 26.0 Å². The van der Waals surface area contributed by atoms with Crippen LogP contribution in [0.1, 0.15) is 20.8 Å². The van der Waals surface area contributed by atoms with Crippen molar-refractivity contribution < 1.29 is 4.21 Å². The first-order valence-electron chi connectivity index (χ1n) is 5.06. The Morgan fingerprint density at radius 1 is 1.33 bits per heavy atom. The fourth-order valence-corrected chi connectivity index (χ4v) is 3.70. The van der Waals surface area contributed by atoms with Gasteiger partial charge in [-0.3, -0.25) is 4.21 Å². The third kappa shape index (κ3) is 12.3. The molecule has 0 rings (SSSR count). The average Bonchev–Trinajstić information content (AvgIpc) is 2.15. The molecule has 1 nitrogen and oxygen atoms in total. The van der Waals surface area contributed by atoms with Crippen LogP contribution in [0.15, 0.2) is 23.6 Å². The van der Waals surface area contributed by atoms with E-state index in [0.717, 1.165) is 11.5 Å². The molecule has 0 heterocycles. The van der Waals surface area contributed by atoms with Gasteiger partial charge in [-0.15, -0.1) is 0 Å². The van der Waals surface area contributed by atoms with Crippen molar-refractivity contribution >= 4 is 32.4 Å². The highest BCUT2D eigenvalue weighted by atomic mass is 33.1. The van der Waals surface area contributed by atoms with Gasteiger partial charge in [-0.05, 0) is 18.2 Å². The van der Waals surface area contributed by atoms with Crippen molar-refractivity contribution in [1.29, 1.82) is 0 Å². The van der Waals surface area contributed by atoms with E-state index in [9.17, 15) is 4.21 Å². The number of hydrogen-bond acceptors (Lipinski definition) is 3. The summed E-state index contributed by atoms with van der Waals surface area (Å²) in [5.74, 6) is 3.05. The third-order valence-corrected chi connectivity index (χ3v) is 4.94. The number of rotatable bonds is 8. The first-order chi connectivity index (χ1) is 7.16. The zero-order chi connectivity index (χ0) is 11.5. The van der Waals surface area contributed by atoms with Gasteiger partial charge in [-0.1, -0.05) is 53.7 Å². The van der Waals surface area contributed by atoms with E-state index in [1.54, 1.807) is 21.6 Å². The van der Waals surface area contributed by atoms with Crippen LogP contribution in [0.4, 0.5) is 0 Å². The molecule has 0 aromatic carbocycles. The first kappa shape index (κ1) is 15.3. The standard InChI is InChI=1S/C11H20OS3/c1-4-5-7-13-14-8-6-9-15(12)10-11(2)3/h4-6,8,11H,7,9-10H2,1-3H3. The van der Waals surface area contributed by atoms with Crippen LogP contribution in [0, 0.1) is 5.92 Å². The number of allylic oxidation sites excluding steroid dienone is 1. The SMILES string of the molecule is CC=CCSSC=CCS(=O)CC(C)C. The summed E-state index contributed by atoms with van der Waals surface area (Å²) in [6.45, 7) is 6.22. The lowest BCUT2D eigenvalue weighted by molar-refractivity contribution is 0.667. The summed E-state index contributed by atoms with van der Waals surface area (Å²) in [4.78, 5) is 0. The Hall–Kier alpha value is 0.330. The predicted molar refractivity (Wildman–Crippen MR) is 76.7 cm³/mol. The second kappa shape index (κ2) is 10.8. The molecule has 0 radical (unpaired) electrons. The maximum absolute atomic E-state index is 11.4. The molecule has 0 aliphatic carbocycles. The average molecular weight is 264 g/mol. The zero-order valence-corrected chi connectivity index (χ0v) is 12.1. The van der Waals surface area contributed by atoms with Crippen molar-refractivity contribution in [2.45, 2.75) is 20.8 Å². The van der Waals surface area contributed by atoms with Crippen LogP contribution < -0.4 is 0 Å². The Kier molecular flexibility index (Phi) is 11.1. The van der Waals surface area contributed by atoms with E-state index in [1.165, 1.54) is 0 Å². The molecule has 0 bridgehead atoms. The van der Waals surface area contributed by atoms with E-state index >= 15 is 0 Å². The van der Waals surface area contributed by atoms with Gasteiger partial charge in [-0.2, -0.15) is 0 Å². The van der Waals surface area contributed by atoms with Gasteiger partial charge >= 0.3 is 0 Å². The molecule has 4 heteroatoms. The summed E-state index contributed by atoms with van der Waals surface area (Å²) in [6.07, 6.45) is 6.18. The van der Waals surface area contributed by atoms with Crippen LogP contribution >= 0.6 is 21.6 Å². The Labute approximate surface area is 104 Å². The molecule has 0 fully saturated rings. The molecule has 15 heavy (non-hydrogen) atoms. The van der Waals surface area contributed by atoms with Gasteiger partial charge in [0, 0.05) is 28.1 Å². The lowest BCUT2D eigenvalue weighted by atomic mass is 10.3. The van der Waals surface area contributed by atoms with Gasteiger partial charge in [-0.25, -0.2) is 0 Å². The van der Waals surface area contributed by atoms with Crippen molar-refractivity contribution in [1.82, 2.24) is 0 Å². The van der Waals surface area contributed by atoms with Crippen LogP contribution in [-0.2, 0) is 10.8 Å². The maximum atomic E-state index is 11.4. The molecule has 0 aliphatic rings. The highest BCUT2D eigenvalue weighted by Crippen LogP contribution is 2.22. The minimum absolute atomic E-state index is 0.524. The molecule has 0 amide bonds. The normalized spacial score (nSPS) is 14.4. The lowest BCUT2D eigenvalue weighted by Gasteiger charge is -2.01. The minimum atomic E-state index is -0.682. The fourth-order valence-electron chi connectivity index (χ4n) is 0.840. The monoisotopic (exact) mass is 264 g/mol. The van der Waals surface area contributed by atoms with E-state index in [4.69, 9.17) is 0 Å². The van der Waals surface area contributed by atoms with Gasteiger partial charge < -0.3 is 0 Å². The fraction of sp³-hybridized carbons (Fsp3) is 0.636. The van der Waals surface area contributed by atoms with Crippen molar-refractivity contribution in [2.75, 3.05) is 17.3 Å². The summed E-state index contributed by atoms with van der Waals surface area (Å²) in [5.41, 5.74) is 0. The summed E-state index contributed by atoms with van der Waals surface area (Å²) < 4.78 is 11.4. The van der Waals surface area contributed by atoms with Gasteiger partial charge in [0.05, 0.1) is 0 Å². The van der Waals surface area contributed by atoms with E-state index in [0.29, 0.717) is 11.7 Å². The lowest BCUT2D eigenvalue weighted by Crippen LogP contribution is -2.06. The third-order valence-electron chi connectivity index (χ3n) is 1.42. The maximum Gasteiger partial charge on any atom is 0.0423 e. The molecule has 0 aromatic rings. The molecule has 0 spiro atoms. The Morgan fingerprint density at radius 3 is 2.67 bits per heavy atom. The van der Waals surface area contributed by atoms with Gasteiger partial charge in [0.15, 0.2) is 0 Å².